The molecule has 1 N–H and O–H groups in total. The van der Waals surface area contributed by atoms with E-state index in [0.29, 0.717) is 18.2 Å². The average Bonchev–Trinajstić information content (AvgIpc) is 2.77. The van der Waals surface area contributed by atoms with Crippen molar-refractivity contribution >= 4 is 29.5 Å². The predicted molar refractivity (Wildman–Crippen MR) is 121 cm³/mol. The normalized spacial score (nSPS) is 20.2. The van der Waals surface area contributed by atoms with E-state index >= 15 is 0 Å². The molecule has 166 valence electrons. The number of pyridine rings is 1. The molecule has 1 aliphatic heterocycles. The van der Waals surface area contributed by atoms with Crippen LogP contribution in [0.25, 0.3) is 0 Å². The Balaban J connectivity index is 1.79. The molecule has 0 aromatic carbocycles. The fourth-order valence-electron chi connectivity index (χ4n) is 4.59. The first-order valence-electron chi connectivity index (χ1n) is 11.4. The zero-order valence-electron chi connectivity index (χ0n) is 18.3. The van der Waals surface area contributed by atoms with E-state index < -0.39 is 5.97 Å². The summed E-state index contributed by atoms with van der Waals surface area (Å²) >= 11 is 1.65. The molecule has 0 spiro atoms. The fraction of sp³-hybridized carbons (Fsp3) is 0.696. The van der Waals surface area contributed by atoms with Crippen molar-refractivity contribution in [3.63, 3.8) is 0 Å². The van der Waals surface area contributed by atoms with E-state index in [0.717, 1.165) is 55.2 Å². The number of rotatable bonds is 8. The third kappa shape index (κ3) is 5.90. The lowest BCUT2D eigenvalue weighted by molar-refractivity contribution is -0.138. The van der Waals surface area contributed by atoms with E-state index in [9.17, 15) is 9.59 Å². The number of piperidine rings is 1. The minimum absolute atomic E-state index is 0.0713. The number of carboxylic acids is 1. The second-order valence-corrected chi connectivity index (χ2v) is 9.71. The van der Waals surface area contributed by atoms with Gasteiger partial charge in [-0.15, -0.1) is 11.8 Å². The fourth-order valence-corrected chi connectivity index (χ4v) is 5.46. The molecule has 6 nitrogen and oxygen atoms in total. The third-order valence-electron chi connectivity index (χ3n) is 6.27. The Morgan fingerprint density at radius 3 is 2.67 bits per heavy atom. The SMILES string of the molecule is CCCSc1nc(N2CCC[C@H](CC(=O)O)C2)ccc1C(=O)N(C)C1CCCCC1. The van der Waals surface area contributed by atoms with Gasteiger partial charge in [0.2, 0.25) is 0 Å². The van der Waals surface area contributed by atoms with E-state index in [4.69, 9.17) is 10.1 Å². The van der Waals surface area contributed by atoms with Crippen LogP contribution in [-0.4, -0.2) is 58.8 Å². The minimum atomic E-state index is -0.735. The summed E-state index contributed by atoms with van der Waals surface area (Å²) in [7, 11) is 1.93. The topological polar surface area (TPSA) is 73.7 Å². The van der Waals surface area contributed by atoms with Crippen molar-refractivity contribution in [2.24, 2.45) is 5.92 Å². The smallest absolute Gasteiger partial charge is 0.303 e. The molecule has 2 heterocycles. The van der Waals surface area contributed by atoms with Gasteiger partial charge in [-0.3, -0.25) is 9.59 Å². The molecule has 0 unspecified atom stereocenters. The molecule has 1 saturated heterocycles. The van der Waals surface area contributed by atoms with Gasteiger partial charge in [-0.2, -0.15) is 0 Å². The van der Waals surface area contributed by atoms with Crippen LogP contribution in [0.5, 0.6) is 0 Å². The van der Waals surface area contributed by atoms with Gasteiger partial charge in [0.05, 0.1) is 5.56 Å². The highest BCUT2D eigenvalue weighted by Crippen LogP contribution is 2.30. The molecule has 1 aliphatic carbocycles. The van der Waals surface area contributed by atoms with Crippen LogP contribution >= 0.6 is 11.8 Å². The maximum absolute atomic E-state index is 13.3. The summed E-state index contributed by atoms with van der Waals surface area (Å²) in [5, 5.41) is 9.95. The Morgan fingerprint density at radius 1 is 1.20 bits per heavy atom. The molecular weight excluding hydrogens is 398 g/mol. The molecule has 0 bridgehead atoms. The third-order valence-corrected chi connectivity index (χ3v) is 7.46. The first-order chi connectivity index (χ1) is 14.5. The van der Waals surface area contributed by atoms with Crippen LogP contribution in [0.15, 0.2) is 17.2 Å². The zero-order chi connectivity index (χ0) is 21.5. The number of aromatic nitrogens is 1. The molecule has 0 radical (unpaired) electrons. The lowest BCUT2D eigenvalue weighted by Gasteiger charge is -2.34. The summed E-state index contributed by atoms with van der Waals surface area (Å²) in [5.41, 5.74) is 0.698. The number of carbonyl (C=O) groups excluding carboxylic acids is 1. The first-order valence-corrected chi connectivity index (χ1v) is 12.4. The Kier molecular flexibility index (Phi) is 8.42. The largest absolute Gasteiger partial charge is 0.481 e. The average molecular weight is 434 g/mol. The maximum atomic E-state index is 13.3. The van der Waals surface area contributed by atoms with Crippen LogP contribution in [0, 0.1) is 5.92 Å². The van der Waals surface area contributed by atoms with Crippen LogP contribution in [0.1, 0.15) is 75.1 Å². The highest BCUT2D eigenvalue weighted by Gasteiger charge is 2.27. The van der Waals surface area contributed by atoms with E-state index in [1.165, 1.54) is 19.3 Å². The zero-order valence-corrected chi connectivity index (χ0v) is 19.1. The quantitative estimate of drug-likeness (QED) is 0.600. The van der Waals surface area contributed by atoms with E-state index in [2.05, 4.69) is 11.8 Å². The summed E-state index contributed by atoms with van der Waals surface area (Å²) in [5.74, 6) is 1.28. The molecule has 1 aromatic rings. The van der Waals surface area contributed by atoms with Crippen LogP contribution in [-0.2, 0) is 4.79 Å². The summed E-state index contributed by atoms with van der Waals surface area (Å²) in [6.07, 6.45) is 8.99. The predicted octanol–water partition coefficient (Wildman–Crippen LogP) is 4.68. The Hall–Kier alpha value is -1.76. The number of carboxylic acid groups (broad SMARTS) is 1. The van der Waals surface area contributed by atoms with Gasteiger partial charge in [0.1, 0.15) is 10.8 Å². The number of amides is 1. The van der Waals surface area contributed by atoms with E-state index in [1.54, 1.807) is 11.8 Å². The van der Waals surface area contributed by atoms with Gasteiger partial charge in [0.25, 0.3) is 5.91 Å². The lowest BCUT2D eigenvalue weighted by atomic mass is 9.94. The number of hydrogen-bond donors (Lipinski definition) is 1. The molecule has 1 saturated carbocycles. The van der Waals surface area contributed by atoms with Gasteiger partial charge in [-0.1, -0.05) is 26.2 Å². The second kappa shape index (κ2) is 11.0. The van der Waals surface area contributed by atoms with Gasteiger partial charge in [-0.05, 0) is 55.9 Å². The van der Waals surface area contributed by atoms with Crippen molar-refractivity contribution in [1.29, 1.82) is 0 Å². The Morgan fingerprint density at radius 2 is 1.97 bits per heavy atom. The Bertz CT molecular complexity index is 736. The molecule has 30 heavy (non-hydrogen) atoms. The van der Waals surface area contributed by atoms with Gasteiger partial charge in [-0.25, -0.2) is 4.98 Å². The Labute approximate surface area is 184 Å². The summed E-state index contributed by atoms with van der Waals surface area (Å²) in [6.45, 7) is 3.73. The number of anilines is 1. The standard InChI is InChI=1S/C23H35N3O3S/c1-3-14-30-22-19(23(29)25(2)18-9-5-4-6-10-18)11-12-20(24-22)26-13-7-8-17(16-26)15-21(27)28/h11-12,17-18H,3-10,13-16H2,1-2H3,(H,27,28)/t17-/m1/s1. The highest BCUT2D eigenvalue weighted by molar-refractivity contribution is 7.99. The van der Waals surface area contributed by atoms with Crippen molar-refractivity contribution in [2.45, 2.75) is 75.8 Å². The summed E-state index contributed by atoms with van der Waals surface area (Å²) in [4.78, 5) is 33.4. The highest BCUT2D eigenvalue weighted by atomic mass is 32.2. The molecule has 3 rings (SSSR count). The van der Waals surface area contributed by atoms with Crippen molar-refractivity contribution in [3.05, 3.63) is 17.7 Å². The van der Waals surface area contributed by atoms with E-state index in [-0.39, 0.29) is 18.2 Å². The van der Waals surface area contributed by atoms with Gasteiger partial charge >= 0.3 is 5.97 Å². The second-order valence-electron chi connectivity index (χ2n) is 8.63. The summed E-state index contributed by atoms with van der Waals surface area (Å²) in [6, 6.07) is 4.21. The number of carbonyl (C=O) groups is 2. The number of nitrogens with zero attached hydrogens (tertiary/aromatic N) is 3. The van der Waals surface area contributed by atoms with Gasteiger partial charge < -0.3 is 14.9 Å². The van der Waals surface area contributed by atoms with Crippen molar-refractivity contribution in [1.82, 2.24) is 9.88 Å². The van der Waals surface area contributed by atoms with E-state index in [1.807, 2.05) is 24.1 Å². The minimum Gasteiger partial charge on any atom is -0.481 e. The number of hydrogen-bond acceptors (Lipinski definition) is 5. The molecule has 2 aliphatic rings. The van der Waals surface area contributed by atoms with Crippen molar-refractivity contribution in [3.8, 4) is 0 Å². The van der Waals surface area contributed by atoms with Crippen LogP contribution in [0.3, 0.4) is 0 Å². The van der Waals surface area contributed by atoms with Crippen molar-refractivity contribution in [2.75, 3.05) is 30.8 Å². The first kappa shape index (κ1) is 22.9. The van der Waals surface area contributed by atoms with Crippen LogP contribution in [0.4, 0.5) is 5.82 Å². The van der Waals surface area contributed by atoms with Crippen LogP contribution in [0.2, 0.25) is 0 Å². The molecule has 1 atom stereocenters. The number of aliphatic carboxylic acids is 1. The molecular formula is C23H35N3O3S. The monoisotopic (exact) mass is 433 g/mol. The lowest BCUT2D eigenvalue weighted by Crippen LogP contribution is -2.39. The molecule has 1 aromatic heterocycles. The number of thioether (sulfide) groups is 1. The molecule has 7 heteroatoms. The maximum Gasteiger partial charge on any atom is 0.303 e. The summed E-state index contributed by atoms with van der Waals surface area (Å²) < 4.78 is 0. The van der Waals surface area contributed by atoms with Gasteiger partial charge in [0.15, 0.2) is 0 Å². The van der Waals surface area contributed by atoms with Crippen molar-refractivity contribution < 1.29 is 14.7 Å². The molecule has 1 amide bonds. The van der Waals surface area contributed by atoms with Gasteiger partial charge in [0, 0.05) is 32.6 Å². The molecule has 2 fully saturated rings. The van der Waals surface area contributed by atoms with Crippen LogP contribution < -0.4 is 4.90 Å².